The Bertz CT molecular complexity index is 5220. The van der Waals surface area contributed by atoms with E-state index in [9.17, 15) is 0 Å². The molecule has 0 aliphatic carbocycles. The SMILES string of the molecule is Cc1ccc(-c2ccc3c(c2)CC2(CCN4CCCC4C2)O3)cc1.Cc1ccc2c(c1)CC1(CCN3CCCC3C1)O2.c1cc2c(cc1CN1CCOCC1)CC1(CCN3CCCC3C1)O2.c1ccc2c(c1)CCN(Cc1ccc3c(c1)CC1(CCN4CCCC4C1)O3)C2.c1cn2cc(-c3ccc4c(c3)CC3(CCN5CCCC5C3)O4)ccc2n1. The van der Waals surface area contributed by atoms with Gasteiger partial charge in [-0.15, -0.1) is 0 Å². The van der Waals surface area contributed by atoms with Crippen LogP contribution in [0.1, 0.15) is 190 Å². The Hall–Kier alpha value is -8.09. The first-order valence-electron chi connectivity index (χ1n) is 47.1. The van der Waals surface area contributed by atoms with Gasteiger partial charge < -0.3 is 57.3 Å². The van der Waals surface area contributed by atoms with Gasteiger partial charge in [0, 0.05) is 217 Å². The number of morpholine rings is 1. The van der Waals surface area contributed by atoms with E-state index in [1.54, 1.807) is 0 Å². The van der Waals surface area contributed by atoms with Gasteiger partial charge in [0.1, 0.15) is 62.4 Å². The molecule has 19 heterocycles. The van der Waals surface area contributed by atoms with Gasteiger partial charge in [0.15, 0.2) is 0 Å². The third kappa shape index (κ3) is 16.1. The second-order valence-corrected chi connectivity index (χ2v) is 40.0. The predicted octanol–water partition coefficient (Wildman–Crippen LogP) is 18.1. The van der Waals surface area contributed by atoms with E-state index in [1.807, 2.05) is 12.4 Å². The molecule has 26 rings (SSSR count). The van der Waals surface area contributed by atoms with Crippen molar-refractivity contribution in [2.24, 2.45) is 0 Å². The van der Waals surface area contributed by atoms with Crippen molar-refractivity contribution in [3.8, 4) is 51.0 Å². The van der Waals surface area contributed by atoms with Crippen molar-refractivity contribution in [3.05, 3.63) is 231 Å². The van der Waals surface area contributed by atoms with Crippen molar-refractivity contribution < 1.29 is 28.4 Å². The lowest BCUT2D eigenvalue weighted by Gasteiger charge is -2.41. The van der Waals surface area contributed by atoms with Gasteiger partial charge in [-0.3, -0.25) is 9.80 Å². The van der Waals surface area contributed by atoms with E-state index in [0.717, 1.165) is 156 Å². The molecule has 15 nitrogen and oxygen atoms in total. The van der Waals surface area contributed by atoms with E-state index < -0.39 is 0 Å². The van der Waals surface area contributed by atoms with Crippen LogP contribution in [0, 0.1) is 13.8 Å². The molecule has 17 aliphatic heterocycles. The lowest BCUT2D eigenvalue weighted by atomic mass is 9.83. The number of pyridine rings is 1. The molecule has 7 aromatic carbocycles. The molecular formula is C105H127N9O6. The van der Waals surface area contributed by atoms with Gasteiger partial charge in [0.25, 0.3) is 0 Å². The lowest BCUT2D eigenvalue weighted by Crippen LogP contribution is -2.50. The van der Waals surface area contributed by atoms with Crippen LogP contribution in [0.15, 0.2) is 170 Å². The summed E-state index contributed by atoms with van der Waals surface area (Å²) in [5, 5.41) is 0. The lowest BCUT2D eigenvalue weighted by molar-refractivity contribution is 0.00167. The van der Waals surface area contributed by atoms with Crippen LogP contribution in [0.25, 0.3) is 27.9 Å². The average molecular weight is 1610 g/mol. The number of aryl methyl sites for hydroxylation is 2. The van der Waals surface area contributed by atoms with E-state index in [1.165, 1.54) is 277 Å². The van der Waals surface area contributed by atoms with Gasteiger partial charge in [-0.2, -0.15) is 0 Å². The van der Waals surface area contributed by atoms with E-state index in [4.69, 9.17) is 28.4 Å². The van der Waals surface area contributed by atoms with Crippen LogP contribution in [0.4, 0.5) is 0 Å². The second kappa shape index (κ2) is 32.5. The maximum atomic E-state index is 6.59. The molecule has 0 radical (unpaired) electrons. The largest absolute Gasteiger partial charge is 0.487 e. The molecule has 11 saturated heterocycles. The Morgan fingerprint density at radius 3 is 1.19 bits per heavy atom. The van der Waals surface area contributed by atoms with Crippen LogP contribution in [0.2, 0.25) is 0 Å². The summed E-state index contributed by atoms with van der Waals surface area (Å²) >= 11 is 0. The number of hydrogen-bond donors (Lipinski definition) is 0. The Morgan fingerprint density at radius 2 is 0.725 bits per heavy atom. The molecule has 5 spiro atoms. The molecule has 9 aromatic rings. The van der Waals surface area contributed by atoms with Crippen molar-refractivity contribution in [1.29, 1.82) is 0 Å². The second-order valence-electron chi connectivity index (χ2n) is 40.0. The maximum absolute atomic E-state index is 6.59. The monoisotopic (exact) mass is 1610 g/mol. The van der Waals surface area contributed by atoms with Gasteiger partial charge in [-0.1, -0.05) is 108 Å². The van der Waals surface area contributed by atoms with E-state index in [0.29, 0.717) is 0 Å². The summed E-state index contributed by atoms with van der Waals surface area (Å²) in [4.78, 5) is 22.8. The highest BCUT2D eigenvalue weighted by Crippen LogP contribution is 2.52. The number of aromatic nitrogens is 2. The fourth-order valence-electron chi connectivity index (χ4n) is 25.5. The molecule has 120 heavy (non-hydrogen) atoms. The fourth-order valence-corrected chi connectivity index (χ4v) is 25.5. The van der Waals surface area contributed by atoms with Crippen molar-refractivity contribution in [2.45, 2.75) is 259 Å². The Labute approximate surface area is 713 Å². The average Bonchev–Trinajstić information content (AvgIpc) is 1.62. The first-order chi connectivity index (χ1) is 58.8. The number of fused-ring (bicyclic) bond motifs is 12. The number of benzene rings is 7. The van der Waals surface area contributed by atoms with Gasteiger partial charge in [0.05, 0.1) is 13.2 Å². The van der Waals surface area contributed by atoms with Crippen LogP contribution >= 0.6 is 0 Å². The van der Waals surface area contributed by atoms with Gasteiger partial charge in [-0.25, -0.2) is 4.98 Å². The zero-order chi connectivity index (χ0) is 80.0. The van der Waals surface area contributed by atoms with Crippen LogP contribution in [0.3, 0.4) is 0 Å². The van der Waals surface area contributed by atoms with E-state index >= 15 is 0 Å². The molecule has 2 aromatic heterocycles. The number of ether oxygens (including phenoxy) is 6. The standard InChI is InChI=1S/C25H30N2O.C22H23N3O.C22H25NO.C20H28N2O2.C16H21NO/c1-2-5-21-18-26(12-9-20(21)4-1)17-19-7-8-24-22(14-19)15-25(28-24)10-13-27-11-3-6-23(27)16-25;1-2-19-14-22(7-10-24(19)9-1)13-18-12-16(3-5-20(18)26-22)17-4-6-21-23-8-11-25(21)15-17;1-16-4-6-17(7-5-16)18-8-9-21-19(13-18)14-22(24-21)10-12-23-11-2-3-20(23)15-22;1-2-18-14-20(5-7-22(18)6-1)13-17-12-16(3-4-19(17)24-20)15-21-8-10-23-11-9-21;1-12-4-5-15-13(9-12)10-16(18-15)6-8-17-7-2-3-14(17)11-16/h1-2,4-5,7-8,14,23H,3,6,9-13,15-18H2;3-6,8,11-12,15,19H,1-2,7,9-10,13-14H2;4-9,13,20H,2-3,10-12,14-15H2,1H3;3-4,12,18H,1-2,5-11,13-15H2;4-5,9,14H,2-3,6-8,10-11H2,1H3. The molecule has 10 atom stereocenters. The molecule has 628 valence electrons. The van der Waals surface area contributed by atoms with Crippen molar-refractivity contribution >= 4 is 5.65 Å². The zero-order valence-electron chi connectivity index (χ0n) is 71.6. The number of nitrogens with zero attached hydrogens (tertiary/aromatic N) is 9. The van der Waals surface area contributed by atoms with Gasteiger partial charge in [0.2, 0.25) is 0 Å². The molecule has 0 amide bonds. The zero-order valence-corrected chi connectivity index (χ0v) is 71.6. The highest BCUT2D eigenvalue weighted by Gasteiger charge is 2.52. The van der Waals surface area contributed by atoms with Crippen LogP contribution < -0.4 is 23.7 Å². The summed E-state index contributed by atoms with van der Waals surface area (Å²) in [5.74, 6) is 5.67. The smallest absolute Gasteiger partial charge is 0.136 e. The topological polar surface area (TPSA) is 95.4 Å². The molecular weight excluding hydrogens is 1480 g/mol. The van der Waals surface area contributed by atoms with Crippen molar-refractivity contribution in [3.63, 3.8) is 0 Å². The first-order valence-corrected chi connectivity index (χ1v) is 47.1. The molecule has 15 heteroatoms. The highest BCUT2D eigenvalue weighted by atomic mass is 16.5. The minimum Gasteiger partial charge on any atom is -0.487 e. The Balaban J connectivity index is 0.0000000906. The Morgan fingerprint density at radius 1 is 0.342 bits per heavy atom. The summed E-state index contributed by atoms with van der Waals surface area (Å²) in [7, 11) is 0. The number of imidazole rings is 1. The number of rotatable bonds is 6. The third-order valence-electron chi connectivity index (χ3n) is 31.8. The molecule has 0 N–H and O–H groups in total. The molecule has 10 unspecified atom stereocenters. The summed E-state index contributed by atoms with van der Waals surface area (Å²) in [6, 6.07) is 59.8. The maximum Gasteiger partial charge on any atom is 0.136 e. The fraction of sp³-hybridized carbons (Fsp3) is 0.533. The minimum atomic E-state index is 0.0424. The van der Waals surface area contributed by atoms with E-state index in [-0.39, 0.29) is 28.0 Å². The Kier molecular flexibility index (Phi) is 21.1. The molecule has 0 bridgehead atoms. The minimum absolute atomic E-state index is 0.0424. The first kappa shape index (κ1) is 77.9. The summed E-state index contributed by atoms with van der Waals surface area (Å²) in [5.41, 5.74) is 22.1. The molecule has 11 fully saturated rings. The van der Waals surface area contributed by atoms with Gasteiger partial charge >= 0.3 is 0 Å². The predicted molar refractivity (Wildman–Crippen MR) is 476 cm³/mol. The van der Waals surface area contributed by atoms with Crippen molar-refractivity contribution in [2.75, 3.05) is 98.3 Å². The third-order valence-corrected chi connectivity index (χ3v) is 31.8. The van der Waals surface area contributed by atoms with Crippen LogP contribution in [-0.2, 0) is 62.9 Å². The summed E-state index contributed by atoms with van der Waals surface area (Å²) in [6.45, 7) is 25.1. The number of hydrogen-bond acceptors (Lipinski definition) is 14. The van der Waals surface area contributed by atoms with Crippen LogP contribution in [0.5, 0.6) is 28.7 Å². The van der Waals surface area contributed by atoms with Gasteiger partial charge in [-0.05, 0) is 244 Å². The summed E-state index contributed by atoms with van der Waals surface area (Å²) < 4.78 is 40.1. The summed E-state index contributed by atoms with van der Waals surface area (Å²) in [6.07, 6.45) is 38.4. The van der Waals surface area contributed by atoms with E-state index in [2.05, 4.69) is 215 Å². The quantitative estimate of drug-likeness (QED) is 0.158. The van der Waals surface area contributed by atoms with Crippen LogP contribution in [-0.4, -0.2) is 200 Å². The van der Waals surface area contributed by atoms with Crippen molar-refractivity contribution in [1.82, 2.24) is 43.7 Å². The number of piperidine rings is 5. The molecule has 17 aliphatic rings. The highest BCUT2D eigenvalue weighted by molar-refractivity contribution is 5.68. The normalized spacial score (nSPS) is 30.4. The molecule has 0 saturated carbocycles.